The SMILES string of the molecule is O=Cc1cc(F)ccc1NCC(O)CCl. The average Bonchev–Trinajstić information content (AvgIpc) is 2.26. The van der Waals surface area contributed by atoms with E-state index < -0.39 is 11.9 Å². The van der Waals surface area contributed by atoms with E-state index in [9.17, 15) is 14.3 Å². The Morgan fingerprint density at radius 2 is 2.33 bits per heavy atom. The van der Waals surface area contributed by atoms with E-state index >= 15 is 0 Å². The molecule has 1 rings (SSSR count). The van der Waals surface area contributed by atoms with Crippen molar-refractivity contribution in [3.8, 4) is 0 Å². The van der Waals surface area contributed by atoms with Crippen molar-refractivity contribution >= 4 is 23.6 Å². The minimum Gasteiger partial charge on any atom is -0.390 e. The first-order valence-electron chi connectivity index (χ1n) is 4.40. The molecule has 0 amide bonds. The molecule has 1 unspecified atom stereocenters. The van der Waals surface area contributed by atoms with Crippen LogP contribution in [0.25, 0.3) is 0 Å². The third kappa shape index (κ3) is 3.49. The van der Waals surface area contributed by atoms with Gasteiger partial charge in [-0.25, -0.2) is 4.39 Å². The van der Waals surface area contributed by atoms with E-state index in [1.54, 1.807) is 0 Å². The van der Waals surface area contributed by atoms with Crippen molar-refractivity contribution in [1.29, 1.82) is 0 Å². The number of alkyl halides is 1. The number of aldehydes is 1. The molecule has 0 saturated heterocycles. The molecule has 0 heterocycles. The van der Waals surface area contributed by atoms with E-state index in [0.29, 0.717) is 12.0 Å². The van der Waals surface area contributed by atoms with Gasteiger partial charge in [0.1, 0.15) is 5.82 Å². The molecule has 0 spiro atoms. The van der Waals surface area contributed by atoms with Crippen molar-refractivity contribution in [1.82, 2.24) is 0 Å². The fourth-order valence-corrected chi connectivity index (χ4v) is 1.18. The normalized spacial score (nSPS) is 12.2. The fraction of sp³-hybridized carbons (Fsp3) is 0.300. The van der Waals surface area contributed by atoms with Gasteiger partial charge in [-0.3, -0.25) is 4.79 Å². The molecule has 0 bridgehead atoms. The van der Waals surface area contributed by atoms with Crippen molar-refractivity contribution in [2.24, 2.45) is 0 Å². The van der Waals surface area contributed by atoms with Gasteiger partial charge in [-0.1, -0.05) is 0 Å². The lowest BCUT2D eigenvalue weighted by atomic mass is 10.2. The van der Waals surface area contributed by atoms with Crippen LogP contribution < -0.4 is 5.32 Å². The van der Waals surface area contributed by atoms with Crippen molar-refractivity contribution in [3.05, 3.63) is 29.6 Å². The highest BCUT2D eigenvalue weighted by Crippen LogP contribution is 2.14. The molecular formula is C10H11ClFNO2. The summed E-state index contributed by atoms with van der Waals surface area (Å²) in [6, 6.07) is 3.81. The Morgan fingerprint density at radius 3 is 2.93 bits per heavy atom. The van der Waals surface area contributed by atoms with Crippen LogP contribution in [0.4, 0.5) is 10.1 Å². The number of rotatable bonds is 5. The van der Waals surface area contributed by atoms with Crippen LogP contribution in [0.3, 0.4) is 0 Å². The molecule has 0 aromatic heterocycles. The van der Waals surface area contributed by atoms with Gasteiger partial charge in [0.15, 0.2) is 6.29 Å². The second kappa shape index (κ2) is 5.68. The van der Waals surface area contributed by atoms with E-state index in [1.165, 1.54) is 12.1 Å². The van der Waals surface area contributed by atoms with E-state index in [0.717, 1.165) is 6.07 Å². The summed E-state index contributed by atoms with van der Waals surface area (Å²) in [7, 11) is 0. The predicted molar refractivity (Wildman–Crippen MR) is 57.0 cm³/mol. The maximum atomic E-state index is 12.7. The number of hydrogen-bond acceptors (Lipinski definition) is 3. The highest BCUT2D eigenvalue weighted by Gasteiger charge is 2.05. The number of aliphatic hydroxyl groups excluding tert-OH is 1. The molecule has 0 aliphatic rings. The molecule has 0 fully saturated rings. The Labute approximate surface area is 91.9 Å². The van der Waals surface area contributed by atoms with Gasteiger partial charge in [0.25, 0.3) is 0 Å². The summed E-state index contributed by atoms with van der Waals surface area (Å²) >= 11 is 5.40. The van der Waals surface area contributed by atoms with E-state index in [4.69, 9.17) is 11.6 Å². The predicted octanol–water partition coefficient (Wildman–Crippen LogP) is 1.65. The second-order valence-corrected chi connectivity index (χ2v) is 3.35. The van der Waals surface area contributed by atoms with Gasteiger partial charge in [-0.2, -0.15) is 0 Å². The van der Waals surface area contributed by atoms with E-state index in [1.807, 2.05) is 0 Å². The number of carbonyl (C=O) groups is 1. The zero-order chi connectivity index (χ0) is 11.3. The number of carbonyl (C=O) groups excluding carboxylic acids is 1. The maximum absolute atomic E-state index is 12.7. The zero-order valence-electron chi connectivity index (χ0n) is 7.91. The molecule has 0 aliphatic carbocycles. The number of aliphatic hydroxyl groups is 1. The third-order valence-corrected chi connectivity index (χ3v) is 2.20. The summed E-state index contributed by atoms with van der Waals surface area (Å²) in [4.78, 5) is 10.6. The third-order valence-electron chi connectivity index (χ3n) is 1.85. The summed E-state index contributed by atoms with van der Waals surface area (Å²) < 4.78 is 12.7. The summed E-state index contributed by atoms with van der Waals surface area (Å²) in [5, 5.41) is 12.0. The van der Waals surface area contributed by atoms with Crippen LogP contribution in [0.15, 0.2) is 18.2 Å². The van der Waals surface area contributed by atoms with Gasteiger partial charge >= 0.3 is 0 Å². The first-order chi connectivity index (χ1) is 7.17. The molecule has 5 heteroatoms. The quantitative estimate of drug-likeness (QED) is 0.599. The number of hydrogen-bond donors (Lipinski definition) is 2. The molecule has 1 aromatic carbocycles. The molecule has 2 N–H and O–H groups in total. The minimum absolute atomic E-state index is 0.102. The van der Waals surface area contributed by atoms with E-state index in [-0.39, 0.29) is 18.0 Å². The smallest absolute Gasteiger partial charge is 0.152 e. The van der Waals surface area contributed by atoms with Gasteiger partial charge in [0.2, 0.25) is 0 Å². The Hall–Kier alpha value is -1.13. The van der Waals surface area contributed by atoms with Crippen LogP contribution in [-0.2, 0) is 0 Å². The van der Waals surface area contributed by atoms with Crippen LogP contribution in [0, 0.1) is 5.82 Å². The number of halogens is 2. The Balaban J connectivity index is 2.72. The maximum Gasteiger partial charge on any atom is 0.152 e. The minimum atomic E-state index is -0.698. The molecule has 1 atom stereocenters. The molecule has 0 radical (unpaired) electrons. The molecule has 0 saturated carbocycles. The summed E-state index contributed by atoms with van der Waals surface area (Å²) in [5.74, 6) is -0.370. The Kier molecular flexibility index (Phi) is 4.52. The lowest BCUT2D eigenvalue weighted by molar-refractivity contribution is 0.112. The van der Waals surface area contributed by atoms with Crippen molar-refractivity contribution in [2.75, 3.05) is 17.7 Å². The fourth-order valence-electron chi connectivity index (χ4n) is 1.07. The van der Waals surface area contributed by atoms with Gasteiger partial charge < -0.3 is 10.4 Å². The van der Waals surface area contributed by atoms with Gasteiger partial charge in [0, 0.05) is 17.8 Å². The van der Waals surface area contributed by atoms with Crippen molar-refractivity contribution < 1.29 is 14.3 Å². The molecule has 82 valence electrons. The average molecular weight is 232 g/mol. The molecule has 1 aromatic rings. The van der Waals surface area contributed by atoms with Gasteiger partial charge in [-0.05, 0) is 18.2 Å². The first-order valence-corrected chi connectivity index (χ1v) is 4.93. The molecular weight excluding hydrogens is 221 g/mol. The zero-order valence-corrected chi connectivity index (χ0v) is 8.67. The van der Waals surface area contributed by atoms with Gasteiger partial charge in [0.05, 0.1) is 12.0 Å². The van der Waals surface area contributed by atoms with Crippen LogP contribution in [0.1, 0.15) is 10.4 Å². The molecule has 3 nitrogen and oxygen atoms in total. The van der Waals surface area contributed by atoms with Crippen molar-refractivity contribution in [3.63, 3.8) is 0 Å². The topological polar surface area (TPSA) is 49.3 Å². The lowest BCUT2D eigenvalue weighted by Crippen LogP contribution is -2.21. The monoisotopic (exact) mass is 231 g/mol. The molecule has 15 heavy (non-hydrogen) atoms. The lowest BCUT2D eigenvalue weighted by Gasteiger charge is -2.11. The number of nitrogens with one attached hydrogen (secondary N) is 1. The number of anilines is 1. The van der Waals surface area contributed by atoms with Gasteiger partial charge in [-0.15, -0.1) is 11.6 Å². The largest absolute Gasteiger partial charge is 0.390 e. The van der Waals surface area contributed by atoms with Crippen molar-refractivity contribution in [2.45, 2.75) is 6.10 Å². The standard InChI is InChI=1S/C10H11ClFNO2/c11-4-9(15)5-13-10-2-1-8(12)3-7(10)6-14/h1-3,6,9,13,15H,4-5H2. The van der Waals surface area contributed by atoms with E-state index in [2.05, 4.69) is 5.32 Å². The van der Waals surface area contributed by atoms with Crippen LogP contribution >= 0.6 is 11.6 Å². The summed E-state index contributed by atoms with van der Waals surface area (Å²) in [6.45, 7) is 0.218. The highest BCUT2D eigenvalue weighted by molar-refractivity contribution is 6.18. The Morgan fingerprint density at radius 1 is 1.60 bits per heavy atom. The first kappa shape index (κ1) is 11.9. The van der Waals surface area contributed by atoms with Crippen LogP contribution in [0.5, 0.6) is 0 Å². The summed E-state index contributed by atoms with van der Waals surface area (Å²) in [5.41, 5.74) is 0.701. The number of benzene rings is 1. The van der Waals surface area contributed by atoms with Crippen LogP contribution in [0.2, 0.25) is 0 Å². The Bertz CT molecular complexity index is 346. The second-order valence-electron chi connectivity index (χ2n) is 3.04. The summed E-state index contributed by atoms with van der Waals surface area (Å²) in [6.07, 6.45) is -0.144. The van der Waals surface area contributed by atoms with Crippen LogP contribution in [-0.4, -0.2) is 29.9 Å². The highest BCUT2D eigenvalue weighted by atomic mass is 35.5. The molecule has 0 aliphatic heterocycles.